The van der Waals surface area contributed by atoms with E-state index < -0.39 is 10.9 Å². The lowest BCUT2D eigenvalue weighted by molar-refractivity contribution is -0.384. The highest BCUT2D eigenvalue weighted by Crippen LogP contribution is 2.27. The molecule has 0 atom stereocenters. The molecule has 2 rings (SSSR count). The second-order valence-electron chi connectivity index (χ2n) is 5.93. The third-order valence-electron chi connectivity index (χ3n) is 3.94. The minimum absolute atomic E-state index is 0.0427. The number of carbonyl (C=O) groups is 1. The zero-order chi connectivity index (χ0) is 20.5. The molecule has 8 nitrogen and oxygen atoms in total. The lowest BCUT2D eigenvalue weighted by atomic mass is 10.1. The van der Waals surface area contributed by atoms with Crippen LogP contribution in [0.5, 0.6) is 0 Å². The number of benzene rings is 2. The molecular weight excluding hydrogens is 362 g/mol. The molecule has 0 aliphatic heterocycles. The van der Waals surface area contributed by atoms with Crippen LogP contribution in [0, 0.1) is 10.1 Å². The molecular formula is C20H23N3O5. The average molecular weight is 385 g/mol. The van der Waals surface area contributed by atoms with Crippen molar-refractivity contribution in [1.29, 1.82) is 0 Å². The number of non-ortho nitro benzene ring substituents is 1. The maximum atomic E-state index is 10.9. The quantitative estimate of drug-likeness (QED) is 0.212. The van der Waals surface area contributed by atoms with Crippen molar-refractivity contribution >= 4 is 28.7 Å². The average Bonchev–Trinajstić information content (AvgIpc) is 2.70. The van der Waals surface area contributed by atoms with Crippen molar-refractivity contribution < 1.29 is 19.3 Å². The van der Waals surface area contributed by atoms with Crippen molar-refractivity contribution in [2.75, 3.05) is 24.7 Å². The summed E-state index contributed by atoms with van der Waals surface area (Å²) in [6.45, 7) is 6.68. The van der Waals surface area contributed by atoms with Crippen LogP contribution in [0.25, 0.3) is 0 Å². The molecule has 0 radical (unpaired) electrons. The van der Waals surface area contributed by atoms with Gasteiger partial charge in [0.15, 0.2) is 0 Å². The minimum atomic E-state index is -0.476. The van der Waals surface area contributed by atoms with E-state index in [1.165, 1.54) is 19.1 Å². The smallest absolute Gasteiger partial charge is 0.331 e. The van der Waals surface area contributed by atoms with Crippen LogP contribution in [0.1, 0.15) is 26.3 Å². The van der Waals surface area contributed by atoms with E-state index in [0.717, 1.165) is 16.9 Å². The number of rotatable bonds is 9. The number of hydrogen-bond donors (Lipinski definition) is 0. The van der Waals surface area contributed by atoms with E-state index in [1.54, 1.807) is 19.1 Å². The highest BCUT2D eigenvalue weighted by atomic mass is 16.7. The van der Waals surface area contributed by atoms with Gasteiger partial charge in [-0.15, -0.1) is 0 Å². The van der Waals surface area contributed by atoms with E-state index in [-0.39, 0.29) is 5.69 Å². The minimum Gasteiger partial charge on any atom is -0.380 e. The monoisotopic (exact) mass is 385 g/mol. The Hall–Kier alpha value is -3.26. The summed E-state index contributed by atoms with van der Waals surface area (Å²) in [6.07, 6.45) is 0. The predicted octanol–water partition coefficient (Wildman–Crippen LogP) is 4.06. The number of carbonyl (C=O) groups excluding carboxylic acids is 1. The van der Waals surface area contributed by atoms with E-state index >= 15 is 0 Å². The van der Waals surface area contributed by atoms with E-state index in [1.807, 2.05) is 36.1 Å². The van der Waals surface area contributed by atoms with E-state index in [2.05, 4.69) is 9.99 Å². The highest BCUT2D eigenvalue weighted by molar-refractivity contribution is 5.99. The van der Waals surface area contributed by atoms with Gasteiger partial charge in [0.1, 0.15) is 0 Å². The van der Waals surface area contributed by atoms with E-state index in [9.17, 15) is 14.9 Å². The second kappa shape index (κ2) is 10.2. The molecule has 0 saturated carbocycles. The molecule has 0 aliphatic rings. The lowest BCUT2D eigenvalue weighted by Crippen LogP contribution is -2.22. The molecule has 0 unspecified atom stereocenters. The number of anilines is 2. The first-order valence-corrected chi connectivity index (χ1v) is 8.84. The predicted molar refractivity (Wildman–Crippen MR) is 107 cm³/mol. The third kappa shape index (κ3) is 5.88. The number of ether oxygens (including phenoxy) is 1. The van der Waals surface area contributed by atoms with Gasteiger partial charge in [0.2, 0.25) is 0 Å². The summed E-state index contributed by atoms with van der Waals surface area (Å²) in [7, 11) is 0. The molecule has 148 valence electrons. The Kier molecular flexibility index (Phi) is 7.65. The Morgan fingerprint density at radius 2 is 1.64 bits per heavy atom. The largest absolute Gasteiger partial charge is 0.380 e. The van der Waals surface area contributed by atoms with Crippen LogP contribution >= 0.6 is 0 Å². The Morgan fingerprint density at radius 1 is 1.07 bits per heavy atom. The van der Waals surface area contributed by atoms with Gasteiger partial charge in [0, 0.05) is 43.6 Å². The Labute approximate surface area is 163 Å². The fourth-order valence-corrected chi connectivity index (χ4v) is 2.53. The van der Waals surface area contributed by atoms with Crippen LogP contribution in [0.15, 0.2) is 53.7 Å². The van der Waals surface area contributed by atoms with Gasteiger partial charge in [-0.25, -0.2) is 4.79 Å². The molecule has 2 aromatic rings. The van der Waals surface area contributed by atoms with Crippen LogP contribution < -0.4 is 4.90 Å². The lowest BCUT2D eigenvalue weighted by Gasteiger charge is -2.25. The van der Waals surface area contributed by atoms with Crippen LogP contribution in [0.4, 0.5) is 17.1 Å². The molecule has 0 aliphatic carbocycles. The van der Waals surface area contributed by atoms with Crippen LogP contribution in [0.3, 0.4) is 0 Å². The SMILES string of the molecule is CCOCCN(c1ccc(/C(C)=N/OC(C)=O)cc1)c1ccc([N+](=O)[O-])cc1. The topological polar surface area (TPSA) is 94.3 Å². The van der Waals surface area contributed by atoms with E-state index in [4.69, 9.17) is 4.74 Å². The summed E-state index contributed by atoms with van der Waals surface area (Å²) in [5.74, 6) is -0.476. The van der Waals surface area contributed by atoms with Gasteiger partial charge in [0.25, 0.3) is 5.69 Å². The standard InChI is InChI=1S/C20H23N3O5/c1-4-27-14-13-22(19-9-11-20(12-10-19)23(25)26)18-7-5-17(6-8-18)15(2)21-28-16(3)24/h5-12H,4,13-14H2,1-3H3/b21-15+. The Morgan fingerprint density at radius 3 is 2.14 bits per heavy atom. The molecule has 0 saturated heterocycles. The van der Waals surface area contributed by atoms with Crippen molar-refractivity contribution in [3.05, 3.63) is 64.2 Å². The first-order valence-electron chi connectivity index (χ1n) is 8.84. The summed E-state index contributed by atoms with van der Waals surface area (Å²) in [5.41, 5.74) is 3.17. The molecule has 8 heteroatoms. The van der Waals surface area contributed by atoms with Crippen molar-refractivity contribution in [3.63, 3.8) is 0 Å². The van der Waals surface area contributed by atoms with Crippen molar-refractivity contribution in [3.8, 4) is 0 Å². The third-order valence-corrected chi connectivity index (χ3v) is 3.94. The van der Waals surface area contributed by atoms with Crippen LogP contribution in [-0.4, -0.2) is 36.4 Å². The molecule has 0 bridgehead atoms. The van der Waals surface area contributed by atoms with Gasteiger partial charge in [-0.3, -0.25) is 10.1 Å². The number of nitro groups is 1. The zero-order valence-corrected chi connectivity index (χ0v) is 16.1. The highest BCUT2D eigenvalue weighted by Gasteiger charge is 2.12. The number of nitro benzene ring substituents is 1. The Balaban J connectivity index is 2.26. The second-order valence-corrected chi connectivity index (χ2v) is 5.93. The first kappa shape index (κ1) is 21.0. The van der Waals surface area contributed by atoms with Gasteiger partial charge in [-0.2, -0.15) is 0 Å². The van der Waals surface area contributed by atoms with Crippen molar-refractivity contribution in [1.82, 2.24) is 0 Å². The van der Waals surface area contributed by atoms with Gasteiger partial charge in [0.05, 0.1) is 17.2 Å². The molecule has 0 amide bonds. The number of hydrogen-bond acceptors (Lipinski definition) is 7. The molecule has 0 fully saturated rings. The Bertz CT molecular complexity index is 832. The van der Waals surface area contributed by atoms with Crippen molar-refractivity contribution in [2.24, 2.45) is 5.16 Å². The molecule has 0 spiro atoms. The molecule has 28 heavy (non-hydrogen) atoms. The van der Waals surface area contributed by atoms with Crippen LogP contribution in [-0.2, 0) is 14.4 Å². The van der Waals surface area contributed by atoms with Gasteiger partial charge < -0.3 is 14.5 Å². The first-order chi connectivity index (χ1) is 13.4. The van der Waals surface area contributed by atoms with Gasteiger partial charge in [-0.05, 0) is 43.7 Å². The summed E-state index contributed by atoms with van der Waals surface area (Å²) in [6, 6.07) is 14.0. The summed E-state index contributed by atoms with van der Waals surface area (Å²) >= 11 is 0. The fourth-order valence-electron chi connectivity index (χ4n) is 2.53. The zero-order valence-electron chi connectivity index (χ0n) is 16.1. The number of oxime groups is 1. The van der Waals surface area contributed by atoms with Crippen LogP contribution in [0.2, 0.25) is 0 Å². The van der Waals surface area contributed by atoms with Gasteiger partial charge >= 0.3 is 5.97 Å². The molecule has 0 N–H and O–H groups in total. The summed E-state index contributed by atoms with van der Waals surface area (Å²) in [4.78, 5) is 28.0. The normalized spacial score (nSPS) is 11.2. The molecule has 2 aromatic carbocycles. The summed E-state index contributed by atoms with van der Waals surface area (Å²) in [5, 5.41) is 14.7. The number of nitrogens with zero attached hydrogens (tertiary/aromatic N) is 3. The fraction of sp³-hybridized carbons (Fsp3) is 0.300. The summed E-state index contributed by atoms with van der Waals surface area (Å²) < 4.78 is 5.47. The van der Waals surface area contributed by atoms with E-state index in [0.29, 0.717) is 25.5 Å². The maximum Gasteiger partial charge on any atom is 0.331 e. The van der Waals surface area contributed by atoms with Gasteiger partial charge in [-0.1, -0.05) is 17.3 Å². The molecule has 0 heterocycles. The molecule has 0 aromatic heterocycles. The maximum absolute atomic E-state index is 10.9. The van der Waals surface area contributed by atoms with Crippen molar-refractivity contribution in [2.45, 2.75) is 20.8 Å².